The van der Waals surface area contributed by atoms with Gasteiger partial charge >= 0.3 is 48.6 Å². The van der Waals surface area contributed by atoms with Crippen molar-refractivity contribution in [2.24, 2.45) is 0 Å². The number of rotatable bonds is 9. The standard InChI is InChI=1S/C19H20F12O10Si/c1-42(2,3)5-4-36-11-10(41-15(35)19(29,30)31)9(40-14(34)18(26,27)28)8(39-13(33)17(23,24)25)7(38-11)6-37-12(32)16(20,21)22/h7-11H,4-6H2,1-3H3/t7-,8-,9+,10-,11-/m1/s1. The van der Waals surface area contributed by atoms with E-state index in [1.807, 2.05) is 0 Å². The van der Waals surface area contributed by atoms with Gasteiger partial charge in [-0.15, -0.1) is 0 Å². The predicted octanol–water partition coefficient (Wildman–Crippen LogP) is 3.59. The highest BCUT2D eigenvalue weighted by molar-refractivity contribution is 6.76. The lowest BCUT2D eigenvalue weighted by Crippen LogP contribution is -2.64. The van der Waals surface area contributed by atoms with Gasteiger partial charge in [0.05, 0.1) is 0 Å². The Morgan fingerprint density at radius 2 is 1.00 bits per heavy atom. The molecule has 0 N–H and O–H groups in total. The van der Waals surface area contributed by atoms with Crippen molar-refractivity contribution in [3.63, 3.8) is 0 Å². The molecule has 1 aliphatic rings. The number of carbonyl (C=O) groups excluding carboxylic acids is 4. The first-order chi connectivity index (χ1) is 18.6. The minimum atomic E-state index is -6.03. The summed E-state index contributed by atoms with van der Waals surface area (Å²) in [6.45, 7) is 2.65. The van der Waals surface area contributed by atoms with Crippen molar-refractivity contribution in [1.29, 1.82) is 0 Å². The molecule has 0 aromatic carbocycles. The first kappa shape index (κ1) is 37.2. The summed E-state index contributed by atoms with van der Waals surface area (Å²) in [6, 6.07) is 0.0834. The minimum Gasteiger partial charge on any atom is -0.456 e. The van der Waals surface area contributed by atoms with Gasteiger partial charge in [0.1, 0.15) is 12.7 Å². The molecule has 244 valence electrons. The number of hydrogen-bond acceptors (Lipinski definition) is 10. The summed E-state index contributed by atoms with van der Waals surface area (Å²) >= 11 is 0. The average molecular weight is 664 g/mol. The summed E-state index contributed by atoms with van der Waals surface area (Å²) in [5, 5.41) is 0. The molecule has 0 spiro atoms. The van der Waals surface area contributed by atoms with E-state index in [-0.39, 0.29) is 6.04 Å². The van der Waals surface area contributed by atoms with Gasteiger partial charge in [-0.1, -0.05) is 19.6 Å². The summed E-state index contributed by atoms with van der Waals surface area (Å²) in [4.78, 5) is 45.7. The molecule has 5 atom stereocenters. The normalized spacial score (nSPS) is 24.0. The van der Waals surface area contributed by atoms with Crippen molar-refractivity contribution in [2.75, 3.05) is 13.2 Å². The van der Waals surface area contributed by atoms with E-state index in [0.717, 1.165) is 0 Å². The van der Waals surface area contributed by atoms with Crippen molar-refractivity contribution in [1.82, 2.24) is 0 Å². The van der Waals surface area contributed by atoms with E-state index in [9.17, 15) is 71.9 Å². The molecule has 0 saturated carbocycles. The van der Waals surface area contributed by atoms with Crippen LogP contribution in [-0.2, 0) is 47.6 Å². The van der Waals surface area contributed by atoms with Gasteiger partial charge in [-0.2, -0.15) is 52.7 Å². The molecular weight excluding hydrogens is 644 g/mol. The lowest BCUT2D eigenvalue weighted by molar-refractivity contribution is -0.321. The molecule has 1 aliphatic heterocycles. The summed E-state index contributed by atoms with van der Waals surface area (Å²) in [5.41, 5.74) is 0. The zero-order valence-electron chi connectivity index (χ0n) is 21.1. The highest BCUT2D eigenvalue weighted by Crippen LogP contribution is 2.34. The molecule has 1 saturated heterocycles. The van der Waals surface area contributed by atoms with Crippen molar-refractivity contribution >= 4 is 32.0 Å². The molecule has 0 unspecified atom stereocenters. The molecule has 1 fully saturated rings. The summed E-state index contributed by atoms with van der Waals surface area (Å²) < 4.78 is 180. The van der Waals surface area contributed by atoms with Crippen molar-refractivity contribution in [3.8, 4) is 0 Å². The van der Waals surface area contributed by atoms with Crippen LogP contribution >= 0.6 is 0 Å². The fourth-order valence-corrected chi connectivity index (χ4v) is 3.57. The van der Waals surface area contributed by atoms with Crippen LogP contribution in [0.2, 0.25) is 25.7 Å². The van der Waals surface area contributed by atoms with Crippen molar-refractivity contribution in [3.05, 3.63) is 0 Å². The van der Waals surface area contributed by atoms with Crippen LogP contribution in [0, 0.1) is 0 Å². The molecule has 0 aromatic rings. The number of esters is 4. The summed E-state index contributed by atoms with van der Waals surface area (Å²) in [6.07, 6.45) is -38.7. The molecule has 0 amide bonds. The van der Waals surface area contributed by atoms with E-state index in [1.54, 1.807) is 19.6 Å². The Morgan fingerprint density at radius 1 is 0.619 bits per heavy atom. The summed E-state index contributed by atoms with van der Waals surface area (Å²) in [5.74, 6) is -12.9. The van der Waals surface area contributed by atoms with Gasteiger partial charge in [-0.3, -0.25) is 0 Å². The van der Waals surface area contributed by atoms with Gasteiger partial charge in [-0.05, 0) is 6.04 Å². The molecule has 42 heavy (non-hydrogen) atoms. The Bertz CT molecular complexity index is 987. The SMILES string of the molecule is C[Si](C)(C)CCO[C@@H]1O[C@H](COC(=O)C(F)(F)F)[C@@H](OC(=O)C(F)(F)F)[C@H](OC(=O)C(F)(F)F)[C@H]1OC(=O)C(F)(F)F. The Hall–Kier alpha value is -2.82. The zero-order valence-corrected chi connectivity index (χ0v) is 22.1. The number of ether oxygens (including phenoxy) is 6. The Balaban J connectivity index is 3.71. The molecule has 0 bridgehead atoms. The van der Waals surface area contributed by atoms with Gasteiger partial charge < -0.3 is 28.4 Å². The smallest absolute Gasteiger partial charge is 0.456 e. The maximum Gasteiger partial charge on any atom is 0.490 e. The third kappa shape index (κ3) is 11.5. The second-order valence-electron chi connectivity index (χ2n) is 9.42. The number of alkyl halides is 12. The third-order valence-corrected chi connectivity index (χ3v) is 6.46. The van der Waals surface area contributed by atoms with Crippen LogP contribution in [0.4, 0.5) is 52.7 Å². The second kappa shape index (κ2) is 13.2. The molecule has 23 heteroatoms. The Morgan fingerprint density at radius 3 is 1.38 bits per heavy atom. The third-order valence-electron chi connectivity index (χ3n) is 4.76. The van der Waals surface area contributed by atoms with Crippen LogP contribution < -0.4 is 0 Å². The van der Waals surface area contributed by atoms with Crippen molar-refractivity contribution < 1.29 is 100 Å². The van der Waals surface area contributed by atoms with Crippen LogP contribution in [0.15, 0.2) is 0 Å². The minimum absolute atomic E-state index is 0.0834. The van der Waals surface area contributed by atoms with E-state index in [2.05, 4.69) is 18.9 Å². The monoisotopic (exact) mass is 664 g/mol. The first-order valence-corrected chi connectivity index (χ1v) is 14.7. The number of carbonyl (C=O) groups is 4. The van der Waals surface area contributed by atoms with Gasteiger partial charge in [0, 0.05) is 14.7 Å². The van der Waals surface area contributed by atoms with Gasteiger partial charge in [0.25, 0.3) is 0 Å². The van der Waals surface area contributed by atoms with Crippen molar-refractivity contribution in [2.45, 2.75) is 81.1 Å². The topological polar surface area (TPSA) is 124 Å². The number of hydrogen-bond donors (Lipinski definition) is 0. The fourth-order valence-electron chi connectivity index (χ4n) is 2.84. The lowest BCUT2D eigenvalue weighted by Gasteiger charge is -2.44. The van der Waals surface area contributed by atoms with E-state index in [1.165, 1.54) is 0 Å². The molecule has 1 heterocycles. The van der Waals surface area contributed by atoms with Crippen LogP contribution in [0.3, 0.4) is 0 Å². The van der Waals surface area contributed by atoms with E-state index in [4.69, 9.17) is 9.47 Å². The predicted molar refractivity (Wildman–Crippen MR) is 108 cm³/mol. The quantitative estimate of drug-likeness (QED) is 0.156. The first-order valence-electron chi connectivity index (χ1n) is 11.0. The van der Waals surface area contributed by atoms with Gasteiger partial charge in [-0.25, -0.2) is 19.2 Å². The maximum absolute atomic E-state index is 13.0. The molecule has 0 aromatic heterocycles. The largest absolute Gasteiger partial charge is 0.490 e. The highest BCUT2D eigenvalue weighted by Gasteiger charge is 2.59. The molecule has 10 nitrogen and oxygen atoms in total. The van der Waals surface area contributed by atoms with E-state index >= 15 is 0 Å². The van der Waals surface area contributed by atoms with Crippen LogP contribution in [-0.4, -0.2) is 101 Å². The average Bonchev–Trinajstić information content (AvgIpc) is 2.77. The van der Waals surface area contributed by atoms with E-state index in [0.29, 0.717) is 0 Å². The van der Waals surface area contributed by atoms with Gasteiger partial charge in [0.15, 0.2) is 24.6 Å². The number of halogens is 12. The zero-order chi connectivity index (χ0) is 33.1. The molecule has 0 radical (unpaired) electrons. The summed E-state index contributed by atoms with van der Waals surface area (Å²) in [7, 11) is -2.11. The Kier molecular flexibility index (Phi) is 11.7. The van der Waals surface area contributed by atoms with Crippen LogP contribution in [0.1, 0.15) is 0 Å². The van der Waals surface area contributed by atoms with Crippen LogP contribution in [0.5, 0.6) is 0 Å². The van der Waals surface area contributed by atoms with Crippen LogP contribution in [0.25, 0.3) is 0 Å². The lowest BCUT2D eigenvalue weighted by atomic mass is 9.98. The molecule has 1 rings (SSSR count). The molecular formula is C19H20F12O10Si. The molecule has 0 aliphatic carbocycles. The van der Waals surface area contributed by atoms with Gasteiger partial charge in [0.2, 0.25) is 0 Å². The second-order valence-corrected chi connectivity index (χ2v) is 15.0. The maximum atomic E-state index is 13.0. The van der Waals surface area contributed by atoms with E-state index < -0.39 is 101 Å². The highest BCUT2D eigenvalue weighted by atomic mass is 28.3. The fraction of sp³-hybridized carbons (Fsp3) is 0.789. The Labute approximate surface area is 227 Å².